The van der Waals surface area contributed by atoms with E-state index in [1.54, 1.807) is 0 Å². The Bertz CT molecular complexity index is 943. The molecule has 2 aliphatic rings. The summed E-state index contributed by atoms with van der Waals surface area (Å²) in [7, 11) is 0. The molecule has 3 aromatic heterocycles. The van der Waals surface area contributed by atoms with Crippen molar-refractivity contribution in [1.29, 1.82) is 0 Å². The third kappa shape index (κ3) is 3.42. The number of hydrogen-bond donors (Lipinski definition) is 2. The number of rotatable bonds is 4. The molecular weight excluding hydrogens is 350 g/mol. The Hall–Kier alpha value is -2.67. The molecule has 1 aliphatic carbocycles. The predicted octanol–water partition coefficient (Wildman–Crippen LogP) is 3.48. The number of fused-ring (bicyclic) bond motifs is 1. The number of nitrogens with one attached hydrogen (secondary N) is 2. The maximum absolute atomic E-state index is 4.78. The monoisotopic (exact) mass is 377 g/mol. The highest BCUT2D eigenvalue weighted by Crippen LogP contribution is 2.32. The largest absolute Gasteiger partial charge is 0.367 e. The molecule has 5 rings (SSSR count). The number of aromatic nitrogens is 4. The van der Waals surface area contributed by atoms with Crippen LogP contribution in [0.1, 0.15) is 38.6 Å². The Balaban J connectivity index is 1.34. The summed E-state index contributed by atoms with van der Waals surface area (Å²) in [6.45, 7) is 5.24. The quantitative estimate of drug-likeness (QED) is 0.725. The fourth-order valence-corrected chi connectivity index (χ4v) is 4.40. The van der Waals surface area contributed by atoms with E-state index in [0.717, 1.165) is 42.2 Å². The molecule has 0 aromatic carbocycles. The topological polar surface area (TPSA) is 70.9 Å². The van der Waals surface area contributed by atoms with Gasteiger partial charge in [-0.2, -0.15) is 4.98 Å². The van der Waals surface area contributed by atoms with Crippen LogP contribution in [0.4, 0.5) is 17.5 Å². The predicted molar refractivity (Wildman–Crippen MR) is 112 cm³/mol. The van der Waals surface area contributed by atoms with E-state index in [9.17, 15) is 0 Å². The molecule has 0 amide bonds. The van der Waals surface area contributed by atoms with Crippen LogP contribution in [0.5, 0.6) is 0 Å². The van der Waals surface area contributed by atoms with Crippen LogP contribution in [0, 0.1) is 0 Å². The Morgan fingerprint density at radius 3 is 2.79 bits per heavy atom. The van der Waals surface area contributed by atoms with Crippen LogP contribution in [-0.2, 0) is 0 Å². The van der Waals surface area contributed by atoms with Gasteiger partial charge in [-0.3, -0.25) is 0 Å². The zero-order chi connectivity index (χ0) is 18.9. The normalized spacial score (nSPS) is 20.8. The number of nitrogens with zero attached hydrogens (tertiary/aromatic N) is 5. The zero-order valence-electron chi connectivity index (χ0n) is 16.3. The minimum absolute atomic E-state index is 0.503. The van der Waals surface area contributed by atoms with Gasteiger partial charge in [0.1, 0.15) is 11.5 Å². The Labute approximate surface area is 165 Å². The van der Waals surface area contributed by atoms with Crippen LogP contribution >= 0.6 is 0 Å². The Morgan fingerprint density at radius 1 is 1.11 bits per heavy atom. The molecular formula is C21H27N7. The van der Waals surface area contributed by atoms with Gasteiger partial charge in [0.05, 0.1) is 11.9 Å². The first-order chi connectivity index (χ1) is 13.8. The van der Waals surface area contributed by atoms with E-state index in [1.807, 2.05) is 18.5 Å². The molecule has 2 N–H and O–H groups in total. The second-order valence-electron chi connectivity index (χ2n) is 7.96. The molecule has 1 saturated heterocycles. The molecule has 7 nitrogen and oxygen atoms in total. The van der Waals surface area contributed by atoms with E-state index in [0.29, 0.717) is 18.0 Å². The van der Waals surface area contributed by atoms with E-state index in [1.165, 1.54) is 25.7 Å². The smallest absolute Gasteiger partial charge is 0.230 e. The van der Waals surface area contributed by atoms with Crippen molar-refractivity contribution in [3.63, 3.8) is 0 Å². The molecule has 1 saturated carbocycles. The van der Waals surface area contributed by atoms with Gasteiger partial charge < -0.3 is 20.1 Å². The summed E-state index contributed by atoms with van der Waals surface area (Å²) < 4.78 is 2.32. The molecule has 4 heterocycles. The number of hydrogen-bond acceptors (Lipinski definition) is 6. The van der Waals surface area contributed by atoms with Gasteiger partial charge >= 0.3 is 0 Å². The average Bonchev–Trinajstić information content (AvgIpc) is 3.38. The summed E-state index contributed by atoms with van der Waals surface area (Å²) in [5.74, 6) is 1.37. The maximum atomic E-state index is 4.78. The first-order valence-corrected chi connectivity index (χ1v) is 10.3. The fourth-order valence-electron chi connectivity index (χ4n) is 4.40. The maximum Gasteiger partial charge on any atom is 0.230 e. The van der Waals surface area contributed by atoms with Crippen molar-refractivity contribution in [3.8, 4) is 0 Å². The van der Waals surface area contributed by atoms with Crippen LogP contribution < -0.4 is 15.5 Å². The third-order valence-electron chi connectivity index (χ3n) is 5.89. The summed E-state index contributed by atoms with van der Waals surface area (Å²) in [4.78, 5) is 16.2. The van der Waals surface area contributed by atoms with E-state index >= 15 is 0 Å². The lowest BCUT2D eigenvalue weighted by molar-refractivity contribution is 0.484. The highest BCUT2D eigenvalue weighted by atomic mass is 15.2. The van der Waals surface area contributed by atoms with Gasteiger partial charge in [-0.15, -0.1) is 0 Å². The summed E-state index contributed by atoms with van der Waals surface area (Å²) in [6.07, 6.45) is 11.1. The Kier molecular flexibility index (Phi) is 4.60. The highest BCUT2D eigenvalue weighted by molar-refractivity contribution is 5.77. The number of pyridine rings is 1. The summed E-state index contributed by atoms with van der Waals surface area (Å²) in [5.41, 5.74) is 2.17. The first-order valence-electron chi connectivity index (χ1n) is 10.3. The Morgan fingerprint density at radius 2 is 2.00 bits per heavy atom. The van der Waals surface area contributed by atoms with Crippen LogP contribution in [0.25, 0.3) is 11.0 Å². The van der Waals surface area contributed by atoms with Gasteiger partial charge in [0.15, 0.2) is 0 Å². The average molecular weight is 377 g/mol. The standard InChI is InChI=1S/C21H27N7/c1-15-14-27(11-9-22-15)18-6-7-19(23-13-18)25-21-24-12-16-8-10-28(20(16)26-21)17-4-2-3-5-17/h6-8,10,12-13,15,17,22H,2-5,9,11,14H2,1H3,(H,23,24,25,26)/t15-/m0/s1. The second kappa shape index (κ2) is 7.39. The lowest BCUT2D eigenvalue weighted by Gasteiger charge is -2.33. The van der Waals surface area contributed by atoms with Crippen LogP contribution in [0.2, 0.25) is 0 Å². The van der Waals surface area contributed by atoms with Crippen molar-refractivity contribution in [3.05, 3.63) is 36.8 Å². The molecule has 7 heteroatoms. The summed E-state index contributed by atoms with van der Waals surface area (Å²) in [5, 5.41) is 7.83. The van der Waals surface area contributed by atoms with Crippen LogP contribution in [-0.4, -0.2) is 45.2 Å². The van der Waals surface area contributed by atoms with Gasteiger partial charge in [0.25, 0.3) is 0 Å². The van der Waals surface area contributed by atoms with Gasteiger partial charge in [-0.25, -0.2) is 9.97 Å². The highest BCUT2D eigenvalue weighted by Gasteiger charge is 2.19. The molecule has 1 aliphatic heterocycles. The third-order valence-corrected chi connectivity index (χ3v) is 5.89. The summed E-state index contributed by atoms with van der Waals surface area (Å²) >= 11 is 0. The lowest BCUT2D eigenvalue weighted by Crippen LogP contribution is -2.49. The van der Waals surface area contributed by atoms with Gasteiger partial charge in [-0.1, -0.05) is 12.8 Å². The zero-order valence-corrected chi connectivity index (χ0v) is 16.3. The molecule has 146 valence electrons. The molecule has 0 unspecified atom stereocenters. The molecule has 1 atom stereocenters. The van der Waals surface area contributed by atoms with Crippen molar-refractivity contribution in [2.75, 3.05) is 29.9 Å². The van der Waals surface area contributed by atoms with Gasteiger partial charge in [0, 0.05) is 49.5 Å². The minimum atomic E-state index is 0.503. The van der Waals surface area contributed by atoms with E-state index in [2.05, 4.69) is 55.3 Å². The molecule has 28 heavy (non-hydrogen) atoms. The molecule has 0 radical (unpaired) electrons. The molecule has 2 fully saturated rings. The van der Waals surface area contributed by atoms with Crippen molar-refractivity contribution < 1.29 is 0 Å². The molecule has 0 spiro atoms. The SMILES string of the molecule is C[C@H]1CN(c2ccc(Nc3ncc4ccn(C5CCCC5)c4n3)nc2)CCN1. The van der Waals surface area contributed by atoms with Crippen molar-refractivity contribution >= 4 is 28.5 Å². The minimum Gasteiger partial charge on any atom is -0.367 e. The molecule has 0 bridgehead atoms. The number of piperazine rings is 1. The van der Waals surface area contributed by atoms with E-state index < -0.39 is 0 Å². The second-order valence-corrected chi connectivity index (χ2v) is 7.96. The fraction of sp³-hybridized carbons (Fsp3) is 0.476. The van der Waals surface area contributed by atoms with Crippen molar-refractivity contribution in [2.24, 2.45) is 0 Å². The van der Waals surface area contributed by atoms with E-state index in [4.69, 9.17) is 4.98 Å². The molecule has 3 aromatic rings. The van der Waals surface area contributed by atoms with Gasteiger partial charge in [0.2, 0.25) is 5.95 Å². The summed E-state index contributed by atoms with van der Waals surface area (Å²) in [6, 6.07) is 7.30. The van der Waals surface area contributed by atoms with Crippen LogP contribution in [0.15, 0.2) is 36.8 Å². The number of anilines is 3. The first kappa shape index (κ1) is 17.4. The van der Waals surface area contributed by atoms with Crippen molar-refractivity contribution in [1.82, 2.24) is 24.8 Å². The van der Waals surface area contributed by atoms with Crippen LogP contribution in [0.3, 0.4) is 0 Å². The van der Waals surface area contributed by atoms with E-state index in [-0.39, 0.29) is 0 Å². The van der Waals surface area contributed by atoms with Gasteiger partial charge in [-0.05, 0) is 38.0 Å². The lowest BCUT2D eigenvalue weighted by atomic mass is 10.2. The van der Waals surface area contributed by atoms with Crippen molar-refractivity contribution in [2.45, 2.75) is 44.7 Å².